The molecule has 0 unspecified atom stereocenters. The topological polar surface area (TPSA) is 93.4 Å². The van der Waals surface area contributed by atoms with Crippen molar-refractivity contribution in [1.29, 1.82) is 0 Å². The van der Waals surface area contributed by atoms with Gasteiger partial charge in [0, 0.05) is 13.6 Å². The highest BCUT2D eigenvalue weighted by Crippen LogP contribution is 2.26. The Morgan fingerprint density at radius 2 is 2.21 bits per heavy atom. The van der Waals surface area contributed by atoms with E-state index in [0.717, 1.165) is 6.42 Å². The maximum Gasteiger partial charge on any atom is 0.242 e. The van der Waals surface area contributed by atoms with Gasteiger partial charge in [-0.2, -0.15) is 4.98 Å². The molecular weight excluding hydrogens is 246 g/mol. The molecule has 1 amide bonds. The van der Waals surface area contributed by atoms with Gasteiger partial charge in [0.1, 0.15) is 12.0 Å². The minimum atomic E-state index is -0.0842. The molecule has 0 spiro atoms. The van der Waals surface area contributed by atoms with Gasteiger partial charge in [-0.15, -0.1) is 0 Å². The standard InChI is InChI=1S/C12H21N5O2/c1-4-6-19-12-10(13)11(15-8-16-12)17(3)7-9(18)14-5-2/h8H,4-7,13H2,1-3H3,(H,14,18). The molecule has 1 aromatic rings. The van der Waals surface area contributed by atoms with E-state index in [1.165, 1.54) is 6.33 Å². The zero-order chi connectivity index (χ0) is 14.3. The van der Waals surface area contributed by atoms with Crippen LogP contribution >= 0.6 is 0 Å². The summed E-state index contributed by atoms with van der Waals surface area (Å²) in [4.78, 5) is 21.3. The summed E-state index contributed by atoms with van der Waals surface area (Å²) < 4.78 is 5.43. The molecule has 0 radical (unpaired) electrons. The number of hydrogen-bond donors (Lipinski definition) is 2. The molecule has 0 aliphatic rings. The van der Waals surface area contributed by atoms with E-state index in [0.29, 0.717) is 30.5 Å². The summed E-state index contributed by atoms with van der Waals surface area (Å²) in [6, 6.07) is 0. The number of likely N-dealkylation sites (N-methyl/N-ethyl adjacent to an activating group) is 2. The van der Waals surface area contributed by atoms with Gasteiger partial charge in [-0.1, -0.05) is 6.92 Å². The number of nitrogens with one attached hydrogen (secondary N) is 1. The smallest absolute Gasteiger partial charge is 0.242 e. The molecule has 7 heteroatoms. The molecule has 0 saturated carbocycles. The van der Waals surface area contributed by atoms with Gasteiger partial charge in [0.25, 0.3) is 0 Å². The van der Waals surface area contributed by atoms with Crippen LogP contribution in [0.25, 0.3) is 0 Å². The van der Waals surface area contributed by atoms with Crippen molar-refractivity contribution in [2.24, 2.45) is 0 Å². The van der Waals surface area contributed by atoms with Crippen molar-refractivity contribution in [2.75, 3.05) is 37.4 Å². The van der Waals surface area contributed by atoms with Crippen LogP contribution in [0.2, 0.25) is 0 Å². The van der Waals surface area contributed by atoms with E-state index in [2.05, 4.69) is 15.3 Å². The molecule has 0 bridgehead atoms. The Labute approximate surface area is 113 Å². The van der Waals surface area contributed by atoms with Crippen LogP contribution in [0.5, 0.6) is 5.88 Å². The van der Waals surface area contributed by atoms with E-state index < -0.39 is 0 Å². The summed E-state index contributed by atoms with van der Waals surface area (Å²) in [5.41, 5.74) is 6.30. The van der Waals surface area contributed by atoms with Crippen molar-refractivity contribution in [3.8, 4) is 5.88 Å². The second-order valence-electron chi connectivity index (χ2n) is 4.07. The van der Waals surface area contributed by atoms with Crippen molar-refractivity contribution in [3.05, 3.63) is 6.33 Å². The van der Waals surface area contributed by atoms with Crippen LogP contribution in [-0.4, -0.2) is 42.6 Å². The molecule has 0 aromatic carbocycles. The molecule has 106 valence electrons. The Bertz CT molecular complexity index is 425. The number of aromatic nitrogens is 2. The average Bonchev–Trinajstić information content (AvgIpc) is 2.37. The van der Waals surface area contributed by atoms with Crippen LogP contribution in [0.3, 0.4) is 0 Å². The molecule has 0 saturated heterocycles. The molecule has 1 heterocycles. The monoisotopic (exact) mass is 267 g/mol. The van der Waals surface area contributed by atoms with Gasteiger partial charge in [-0.25, -0.2) is 4.98 Å². The highest BCUT2D eigenvalue weighted by molar-refractivity contribution is 5.82. The van der Waals surface area contributed by atoms with Crippen LogP contribution in [0.15, 0.2) is 6.33 Å². The minimum Gasteiger partial charge on any atom is -0.476 e. The Kier molecular flexibility index (Phi) is 5.84. The van der Waals surface area contributed by atoms with E-state index in [1.54, 1.807) is 11.9 Å². The summed E-state index contributed by atoms with van der Waals surface area (Å²) in [7, 11) is 1.75. The molecule has 1 rings (SSSR count). The molecule has 1 aromatic heterocycles. The SMILES string of the molecule is CCCOc1ncnc(N(C)CC(=O)NCC)c1N. The number of rotatable bonds is 7. The van der Waals surface area contributed by atoms with Crippen LogP contribution in [0, 0.1) is 0 Å². The van der Waals surface area contributed by atoms with Gasteiger partial charge in [-0.05, 0) is 13.3 Å². The van der Waals surface area contributed by atoms with E-state index in [4.69, 9.17) is 10.5 Å². The van der Waals surface area contributed by atoms with E-state index >= 15 is 0 Å². The quantitative estimate of drug-likeness (QED) is 0.743. The van der Waals surface area contributed by atoms with E-state index in [1.807, 2.05) is 13.8 Å². The lowest BCUT2D eigenvalue weighted by Gasteiger charge is -2.19. The summed E-state index contributed by atoms with van der Waals surface area (Å²) in [5.74, 6) is 0.765. The summed E-state index contributed by atoms with van der Waals surface area (Å²) >= 11 is 0. The molecule has 3 N–H and O–H groups in total. The molecular formula is C12H21N5O2. The first-order valence-corrected chi connectivity index (χ1v) is 6.31. The second-order valence-corrected chi connectivity index (χ2v) is 4.07. The van der Waals surface area contributed by atoms with Gasteiger partial charge in [0.05, 0.1) is 13.2 Å². The normalized spacial score (nSPS) is 10.1. The summed E-state index contributed by atoms with van der Waals surface area (Å²) in [6.07, 6.45) is 2.25. The average molecular weight is 267 g/mol. The maximum absolute atomic E-state index is 11.5. The highest BCUT2D eigenvalue weighted by Gasteiger charge is 2.15. The number of anilines is 2. The number of nitrogens with two attached hydrogens (primary N) is 1. The highest BCUT2D eigenvalue weighted by atomic mass is 16.5. The lowest BCUT2D eigenvalue weighted by Crippen LogP contribution is -2.35. The first-order valence-electron chi connectivity index (χ1n) is 6.31. The first kappa shape index (κ1) is 15.0. The lowest BCUT2D eigenvalue weighted by molar-refractivity contribution is -0.119. The predicted molar refractivity (Wildman–Crippen MR) is 74.2 cm³/mol. The van der Waals surface area contributed by atoms with Crippen molar-refractivity contribution >= 4 is 17.4 Å². The van der Waals surface area contributed by atoms with Crippen LogP contribution in [0.1, 0.15) is 20.3 Å². The predicted octanol–water partition coefficient (Wildman–Crippen LogP) is 0.420. The first-order chi connectivity index (χ1) is 9.10. The van der Waals surface area contributed by atoms with Crippen molar-refractivity contribution in [2.45, 2.75) is 20.3 Å². The van der Waals surface area contributed by atoms with Crippen LogP contribution in [0.4, 0.5) is 11.5 Å². The van der Waals surface area contributed by atoms with Gasteiger partial charge >= 0.3 is 0 Å². The number of carbonyl (C=O) groups excluding carboxylic acids is 1. The van der Waals surface area contributed by atoms with E-state index in [-0.39, 0.29) is 12.5 Å². The van der Waals surface area contributed by atoms with Crippen molar-refractivity contribution < 1.29 is 9.53 Å². The van der Waals surface area contributed by atoms with Crippen molar-refractivity contribution in [1.82, 2.24) is 15.3 Å². The number of hydrogen-bond acceptors (Lipinski definition) is 6. The molecule has 0 atom stereocenters. The third-order valence-corrected chi connectivity index (χ3v) is 2.39. The third kappa shape index (κ3) is 4.27. The second kappa shape index (κ2) is 7.40. The van der Waals surface area contributed by atoms with E-state index in [9.17, 15) is 4.79 Å². The largest absolute Gasteiger partial charge is 0.476 e. The van der Waals surface area contributed by atoms with Gasteiger partial charge in [-0.3, -0.25) is 4.79 Å². The lowest BCUT2D eigenvalue weighted by atomic mass is 10.4. The Balaban J connectivity index is 2.79. The number of nitrogens with zero attached hydrogens (tertiary/aromatic N) is 3. The number of carbonyl (C=O) groups is 1. The van der Waals surface area contributed by atoms with Gasteiger partial charge in [0.15, 0.2) is 5.82 Å². The van der Waals surface area contributed by atoms with Crippen LogP contribution < -0.4 is 20.7 Å². The third-order valence-electron chi connectivity index (χ3n) is 2.39. The molecule has 19 heavy (non-hydrogen) atoms. The van der Waals surface area contributed by atoms with Crippen LogP contribution in [-0.2, 0) is 4.79 Å². The Morgan fingerprint density at radius 3 is 2.84 bits per heavy atom. The number of nitrogen functional groups attached to an aromatic ring is 1. The molecule has 7 nitrogen and oxygen atoms in total. The molecule has 0 aliphatic heterocycles. The van der Waals surface area contributed by atoms with Crippen molar-refractivity contribution in [3.63, 3.8) is 0 Å². The Hall–Kier alpha value is -2.05. The fourth-order valence-electron chi connectivity index (χ4n) is 1.53. The fourth-order valence-corrected chi connectivity index (χ4v) is 1.53. The van der Waals surface area contributed by atoms with Gasteiger partial charge in [0.2, 0.25) is 11.8 Å². The molecule has 0 aliphatic carbocycles. The maximum atomic E-state index is 11.5. The zero-order valence-corrected chi connectivity index (χ0v) is 11.6. The summed E-state index contributed by atoms with van der Waals surface area (Å²) in [5, 5.41) is 2.72. The zero-order valence-electron chi connectivity index (χ0n) is 11.6. The number of amides is 1. The Morgan fingerprint density at radius 1 is 1.47 bits per heavy atom. The summed E-state index contributed by atoms with van der Waals surface area (Å²) in [6.45, 7) is 5.19. The molecule has 0 fully saturated rings. The van der Waals surface area contributed by atoms with Gasteiger partial charge < -0.3 is 20.7 Å². The number of ether oxygens (including phenoxy) is 1. The fraction of sp³-hybridized carbons (Fsp3) is 0.583. The minimum absolute atomic E-state index is 0.0842.